The van der Waals surface area contributed by atoms with Crippen LogP contribution in [0.2, 0.25) is 10.0 Å². The summed E-state index contributed by atoms with van der Waals surface area (Å²) in [5, 5.41) is 0.805. The van der Waals surface area contributed by atoms with E-state index in [9.17, 15) is 8.42 Å². The van der Waals surface area contributed by atoms with Crippen LogP contribution in [0.15, 0.2) is 18.2 Å². The van der Waals surface area contributed by atoms with Crippen LogP contribution < -0.4 is 0 Å². The third-order valence-electron chi connectivity index (χ3n) is 5.17. The number of benzene rings is 1. The molecule has 2 fully saturated rings. The average molecular weight is 406 g/mol. The molecule has 1 aromatic rings. The van der Waals surface area contributed by atoms with Crippen LogP contribution in [-0.2, 0) is 15.8 Å². The molecule has 3 rings (SSSR count). The summed E-state index contributed by atoms with van der Waals surface area (Å²) in [5.41, 5.74) is 0.488. The van der Waals surface area contributed by atoms with Crippen molar-refractivity contribution >= 4 is 33.2 Å². The zero-order valence-electron chi connectivity index (χ0n) is 14.5. The molecule has 140 valence electrons. The highest BCUT2D eigenvalue weighted by Gasteiger charge is 2.32. The number of piperazine rings is 1. The van der Waals surface area contributed by atoms with Crippen molar-refractivity contribution in [3.05, 3.63) is 33.8 Å². The van der Waals surface area contributed by atoms with Crippen LogP contribution in [0, 0.1) is 0 Å². The summed E-state index contributed by atoms with van der Waals surface area (Å²) in [7, 11) is -1.27. The molecule has 0 aliphatic carbocycles. The monoisotopic (exact) mass is 405 g/mol. The first-order valence-electron chi connectivity index (χ1n) is 8.70. The summed E-state index contributed by atoms with van der Waals surface area (Å²) < 4.78 is 27.1. The van der Waals surface area contributed by atoms with Gasteiger partial charge in [-0.25, -0.2) is 8.42 Å². The third kappa shape index (κ3) is 4.67. The molecule has 0 saturated carbocycles. The van der Waals surface area contributed by atoms with Gasteiger partial charge in [0, 0.05) is 54.4 Å². The second-order valence-corrected chi connectivity index (χ2v) is 9.73. The van der Waals surface area contributed by atoms with Crippen LogP contribution in [0.4, 0.5) is 0 Å². The van der Waals surface area contributed by atoms with Gasteiger partial charge in [-0.2, -0.15) is 4.31 Å². The van der Waals surface area contributed by atoms with Gasteiger partial charge < -0.3 is 4.90 Å². The molecule has 0 radical (unpaired) electrons. The van der Waals surface area contributed by atoms with E-state index in [0.717, 1.165) is 26.2 Å². The highest BCUT2D eigenvalue weighted by atomic mass is 35.5. The van der Waals surface area contributed by atoms with Gasteiger partial charge >= 0.3 is 0 Å². The fraction of sp³-hybridized carbons (Fsp3) is 0.647. The molecule has 1 atom stereocenters. The van der Waals surface area contributed by atoms with Crippen molar-refractivity contribution in [3.63, 3.8) is 0 Å². The smallest absolute Gasteiger partial charge is 0.218 e. The average Bonchev–Trinajstić information content (AvgIpc) is 2.58. The van der Waals surface area contributed by atoms with Gasteiger partial charge in [-0.15, -0.1) is 0 Å². The Labute approximate surface area is 160 Å². The first-order valence-corrected chi connectivity index (χ1v) is 11.1. The van der Waals surface area contributed by atoms with E-state index < -0.39 is 10.0 Å². The van der Waals surface area contributed by atoms with Crippen LogP contribution in [0.25, 0.3) is 0 Å². The minimum absolute atomic E-state index is 0.141. The second-order valence-electron chi connectivity index (χ2n) is 6.95. The molecule has 1 unspecified atom stereocenters. The maximum atomic E-state index is 12.8. The summed E-state index contributed by atoms with van der Waals surface area (Å²) in [6.45, 7) is 4.86. The van der Waals surface area contributed by atoms with Gasteiger partial charge in [0.15, 0.2) is 0 Å². The standard InChI is InChI=1S/C17H25Cl2N3O2S/c1-20-7-3-4-14(12-20)21-8-10-22(11-9-21)25(23,24)13-15-16(18)5-2-6-17(15)19/h2,5-6,14H,3-4,7-13H2,1H3. The molecule has 0 spiro atoms. The molecular weight excluding hydrogens is 381 g/mol. The van der Waals surface area contributed by atoms with E-state index in [1.54, 1.807) is 22.5 Å². The summed E-state index contributed by atoms with van der Waals surface area (Å²) in [5.74, 6) is -0.141. The minimum atomic E-state index is -3.42. The topological polar surface area (TPSA) is 43.9 Å². The number of sulfonamides is 1. The summed E-state index contributed by atoms with van der Waals surface area (Å²) in [4.78, 5) is 4.79. The molecule has 1 aromatic carbocycles. The Morgan fingerprint density at radius 2 is 1.72 bits per heavy atom. The molecule has 25 heavy (non-hydrogen) atoms. The zero-order chi connectivity index (χ0) is 18.0. The Morgan fingerprint density at radius 3 is 2.32 bits per heavy atom. The number of likely N-dealkylation sites (tertiary alicyclic amines) is 1. The van der Waals surface area contributed by atoms with Gasteiger partial charge in [0.05, 0.1) is 5.75 Å². The lowest BCUT2D eigenvalue weighted by atomic mass is 10.0. The summed E-state index contributed by atoms with van der Waals surface area (Å²) >= 11 is 12.3. The maximum absolute atomic E-state index is 12.8. The summed E-state index contributed by atoms with van der Waals surface area (Å²) in [6, 6.07) is 5.62. The highest BCUT2D eigenvalue weighted by molar-refractivity contribution is 7.88. The Balaban J connectivity index is 1.61. The molecule has 8 heteroatoms. The molecule has 2 aliphatic rings. The summed E-state index contributed by atoms with van der Waals surface area (Å²) in [6.07, 6.45) is 2.41. The number of rotatable bonds is 4. The number of hydrogen-bond acceptors (Lipinski definition) is 4. The number of nitrogens with zero attached hydrogens (tertiary/aromatic N) is 3. The Bertz CT molecular complexity index is 686. The van der Waals surface area contributed by atoms with Crippen LogP contribution in [0.5, 0.6) is 0 Å². The molecular formula is C17H25Cl2N3O2S. The number of halogens is 2. The lowest BCUT2D eigenvalue weighted by molar-refractivity contribution is 0.0823. The predicted molar refractivity (Wildman–Crippen MR) is 103 cm³/mol. The van der Waals surface area contributed by atoms with E-state index in [1.807, 2.05) is 0 Å². The van der Waals surface area contributed by atoms with Gasteiger partial charge in [0.1, 0.15) is 0 Å². The molecule has 0 N–H and O–H groups in total. The van der Waals surface area contributed by atoms with Gasteiger partial charge in [-0.3, -0.25) is 4.90 Å². The fourth-order valence-electron chi connectivity index (χ4n) is 3.73. The van der Waals surface area contributed by atoms with Gasteiger partial charge in [-0.05, 0) is 38.6 Å². The van der Waals surface area contributed by atoms with Crippen LogP contribution in [0.1, 0.15) is 18.4 Å². The first-order chi connectivity index (χ1) is 11.9. The van der Waals surface area contributed by atoms with Crippen molar-refractivity contribution in [1.29, 1.82) is 0 Å². The third-order valence-corrected chi connectivity index (χ3v) is 7.68. The Hall–Kier alpha value is -0.370. The zero-order valence-corrected chi connectivity index (χ0v) is 16.8. The molecule has 2 saturated heterocycles. The van der Waals surface area contributed by atoms with Crippen LogP contribution >= 0.6 is 23.2 Å². The number of piperidine rings is 1. The molecule has 0 amide bonds. The maximum Gasteiger partial charge on any atom is 0.218 e. The van der Waals surface area contributed by atoms with Gasteiger partial charge in [0.25, 0.3) is 0 Å². The molecule has 5 nitrogen and oxygen atoms in total. The quantitative estimate of drug-likeness (QED) is 0.771. The van der Waals surface area contributed by atoms with E-state index in [4.69, 9.17) is 23.2 Å². The Morgan fingerprint density at radius 1 is 1.08 bits per heavy atom. The van der Waals surface area contributed by atoms with Crippen molar-refractivity contribution in [3.8, 4) is 0 Å². The highest BCUT2D eigenvalue weighted by Crippen LogP contribution is 2.28. The predicted octanol–water partition coefficient (Wildman–Crippen LogP) is 2.54. The van der Waals surface area contributed by atoms with E-state index in [0.29, 0.717) is 34.7 Å². The normalized spacial score (nSPS) is 24.5. The second kappa shape index (κ2) is 8.11. The van der Waals surface area contributed by atoms with Crippen molar-refractivity contribution in [1.82, 2.24) is 14.1 Å². The minimum Gasteiger partial charge on any atom is -0.305 e. The lowest BCUT2D eigenvalue weighted by Crippen LogP contribution is -2.55. The van der Waals surface area contributed by atoms with Crippen LogP contribution in [0.3, 0.4) is 0 Å². The van der Waals surface area contributed by atoms with Crippen molar-refractivity contribution in [2.75, 3.05) is 46.3 Å². The number of likely N-dealkylation sites (N-methyl/N-ethyl adjacent to an activating group) is 1. The van der Waals surface area contributed by atoms with E-state index in [1.165, 1.54) is 12.8 Å². The lowest BCUT2D eigenvalue weighted by Gasteiger charge is -2.42. The van der Waals surface area contributed by atoms with Gasteiger partial charge in [0.2, 0.25) is 10.0 Å². The number of hydrogen-bond donors (Lipinski definition) is 0. The van der Waals surface area contributed by atoms with Crippen molar-refractivity contribution in [2.45, 2.75) is 24.6 Å². The fourth-order valence-corrected chi connectivity index (χ4v) is 6.00. The van der Waals surface area contributed by atoms with E-state index in [-0.39, 0.29) is 5.75 Å². The Kier molecular flexibility index (Phi) is 6.29. The SMILES string of the molecule is CN1CCCC(N2CCN(S(=O)(=O)Cc3c(Cl)cccc3Cl)CC2)C1. The van der Waals surface area contributed by atoms with E-state index >= 15 is 0 Å². The molecule has 2 heterocycles. The van der Waals surface area contributed by atoms with Crippen molar-refractivity contribution < 1.29 is 8.42 Å². The largest absolute Gasteiger partial charge is 0.305 e. The molecule has 0 bridgehead atoms. The van der Waals surface area contributed by atoms with Crippen LogP contribution in [-0.4, -0.2) is 74.9 Å². The first kappa shape index (κ1) is 19.4. The van der Waals surface area contributed by atoms with Crippen molar-refractivity contribution in [2.24, 2.45) is 0 Å². The molecule has 0 aromatic heterocycles. The molecule has 2 aliphatic heterocycles. The van der Waals surface area contributed by atoms with Gasteiger partial charge in [-0.1, -0.05) is 29.3 Å². The van der Waals surface area contributed by atoms with E-state index in [2.05, 4.69) is 16.8 Å².